The van der Waals surface area contributed by atoms with Crippen LogP contribution < -0.4 is 0 Å². The number of hydrogen-bond acceptors (Lipinski definition) is 3. The zero-order valence-corrected chi connectivity index (χ0v) is 8.12. The van der Waals surface area contributed by atoms with Gasteiger partial charge < -0.3 is 9.47 Å². The number of ether oxygens (including phenoxy) is 2. The van der Waals surface area contributed by atoms with Crippen molar-refractivity contribution in [1.29, 1.82) is 5.26 Å². The first-order valence-corrected chi connectivity index (χ1v) is 4.37. The molecule has 0 aliphatic carbocycles. The fourth-order valence-electron chi connectivity index (χ4n) is 0.816. The molecule has 0 bridgehead atoms. The Kier molecular flexibility index (Phi) is 8.28. The first-order valence-electron chi connectivity index (χ1n) is 4.37. The molecule has 0 aliphatic rings. The van der Waals surface area contributed by atoms with Crippen LogP contribution in [0.1, 0.15) is 20.3 Å². The van der Waals surface area contributed by atoms with Gasteiger partial charge >= 0.3 is 0 Å². The van der Waals surface area contributed by atoms with Crippen molar-refractivity contribution in [1.82, 2.24) is 0 Å². The molecular formula is C10H15NO2. The Hall–Kier alpha value is -1.07. The fraction of sp³-hybridized carbons (Fsp3) is 0.600. The first kappa shape index (κ1) is 11.9. The largest absolute Gasteiger partial charge is 0.353 e. The maximum Gasteiger partial charge on any atom is 0.161 e. The third kappa shape index (κ3) is 7.30. The Balaban J connectivity index is 3.81. The van der Waals surface area contributed by atoms with Gasteiger partial charge in [-0.2, -0.15) is 5.26 Å². The molecule has 0 spiro atoms. The predicted molar refractivity (Wildman–Crippen MR) is 49.9 cm³/mol. The summed E-state index contributed by atoms with van der Waals surface area (Å²) >= 11 is 0. The Bertz CT molecular complexity index is 205. The van der Waals surface area contributed by atoms with Crippen LogP contribution in [-0.2, 0) is 9.47 Å². The van der Waals surface area contributed by atoms with Crippen molar-refractivity contribution in [2.75, 3.05) is 13.2 Å². The molecule has 3 nitrogen and oxygen atoms in total. The van der Waals surface area contributed by atoms with Crippen LogP contribution in [0.25, 0.3) is 0 Å². The summed E-state index contributed by atoms with van der Waals surface area (Å²) in [5.74, 6) is 0. The van der Waals surface area contributed by atoms with Gasteiger partial charge in [0.1, 0.15) is 0 Å². The van der Waals surface area contributed by atoms with E-state index in [4.69, 9.17) is 14.7 Å². The second kappa shape index (κ2) is 9.02. The van der Waals surface area contributed by atoms with E-state index in [2.05, 4.69) is 5.73 Å². The lowest BCUT2D eigenvalue weighted by molar-refractivity contribution is -0.133. The Morgan fingerprint density at radius 1 is 1.31 bits per heavy atom. The lowest BCUT2D eigenvalue weighted by Gasteiger charge is -2.13. The van der Waals surface area contributed by atoms with Crippen molar-refractivity contribution in [3.05, 3.63) is 17.9 Å². The highest BCUT2D eigenvalue weighted by Crippen LogP contribution is 2.01. The third-order valence-electron chi connectivity index (χ3n) is 1.28. The van der Waals surface area contributed by atoms with E-state index in [0.29, 0.717) is 19.6 Å². The molecule has 13 heavy (non-hydrogen) atoms. The molecule has 0 aliphatic heterocycles. The quantitative estimate of drug-likeness (QED) is 0.357. The highest BCUT2D eigenvalue weighted by molar-refractivity contribution is 5.01. The van der Waals surface area contributed by atoms with Crippen LogP contribution in [0.15, 0.2) is 17.9 Å². The van der Waals surface area contributed by atoms with E-state index in [1.165, 1.54) is 6.08 Å². The van der Waals surface area contributed by atoms with Gasteiger partial charge in [-0.25, -0.2) is 0 Å². The molecule has 0 heterocycles. The van der Waals surface area contributed by atoms with Gasteiger partial charge in [-0.05, 0) is 19.9 Å². The van der Waals surface area contributed by atoms with Gasteiger partial charge in [0.2, 0.25) is 0 Å². The lowest BCUT2D eigenvalue weighted by atomic mass is 10.4. The molecule has 0 unspecified atom stereocenters. The van der Waals surface area contributed by atoms with Gasteiger partial charge in [0, 0.05) is 19.6 Å². The molecule has 0 aromatic rings. The van der Waals surface area contributed by atoms with Gasteiger partial charge in [0.05, 0.1) is 12.1 Å². The third-order valence-corrected chi connectivity index (χ3v) is 1.28. The monoisotopic (exact) mass is 181 g/mol. The maximum absolute atomic E-state index is 8.19. The average Bonchev–Trinajstić information content (AvgIpc) is 2.13. The fourth-order valence-corrected chi connectivity index (χ4v) is 0.816. The van der Waals surface area contributed by atoms with E-state index in [9.17, 15) is 0 Å². The van der Waals surface area contributed by atoms with Crippen molar-refractivity contribution in [3.8, 4) is 6.07 Å². The SMILES string of the molecule is CCOC(CC=C=CC#N)OCC. The minimum atomic E-state index is -0.213. The van der Waals surface area contributed by atoms with Crippen LogP contribution in [0.5, 0.6) is 0 Å². The van der Waals surface area contributed by atoms with Crippen LogP contribution in [0, 0.1) is 11.3 Å². The van der Waals surface area contributed by atoms with E-state index >= 15 is 0 Å². The zero-order chi connectivity index (χ0) is 9.94. The molecule has 0 amide bonds. The van der Waals surface area contributed by atoms with Crippen LogP contribution in [0.2, 0.25) is 0 Å². The van der Waals surface area contributed by atoms with Crippen molar-refractivity contribution in [2.24, 2.45) is 0 Å². The summed E-state index contributed by atoms with van der Waals surface area (Å²) < 4.78 is 10.5. The molecule has 0 aromatic carbocycles. The summed E-state index contributed by atoms with van der Waals surface area (Å²) in [5.41, 5.74) is 2.71. The second-order valence-corrected chi connectivity index (χ2v) is 2.22. The molecule has 0 rings (SSSR count). The number of rotatable bonds is 6. The minimum Gasteiger partial charge on any atom is -0.353 e. The van der Waals surface area contributed by atoms with Crippen molar-refractivity contribution in [3.63, 3.8) is 0 Å². The number of nitrogens with zero attached hydrogens (tertiary/aromatic N) is 1. The van der Waals surface area contributed by atoms with Crippen LogP contribution in [0.3, 0.4) is 0 Å². The van der Waals surface area contributed by atoms with E-state index < -0.39 is 0 Å². The summed E-state index contributed by atoms with van der Waals surface area (Å²) in [6, 6.07) is 1.86. The Morgan fingerprint density at radius 3 is 2.38 bits per heavy atom. The Morgan fingerprint density at radius 2 is 1.92 bits per heavy atom. The zero-order valence-electron chi connectivity index (χ0n) is 8.12. The molecule has 0 fully saturated rings. The van der Waals surface area contributed by atoms with Crippen molar-refractivity contribution >= 4 is 0 Å². The molecular weight excluding hydrogens is 166 g/mol. The van der Waals surface area contributed by atoms with Gasteiger partial charge in [-0.3, -0.25) is 0 Å². The molecule has 0 N–H and O–H groups in total. The average molecular weight is 181 g/mol. The van der Waals surface area contributed by atoms with E-state index in [1.54, 1.807) is 6.08 Å². The lowest BCUT2D eigenvalue weighted by Crippen LogP contribution is -2.15. The van der Waals surface area contributed by atoms with Gasteiger partial charge in [0.15, 0.2) is 6.29 Å². The molecule has 0 atom stereocenters. The van der Waals surface area contributed by atoms with E-state index in [0.717, 1.165) is 0 Å². The van der Waals surface area contributed by atoms with Crippen molar-refractivity contribution in [2.45, 2.75) is 26.6 Å². The summed E-state index contributed by atoms with van der Waals surface area (Å²) in [4.78, 5) is 0. The highest BCUT2D eigenvalue weighted by Gasteiger charge is 2.03. The number of hydrogen-bond donors (Lipinski definition) is 0. The van der Waals surface area contributed by atoms with Gasteiger partial charge in [-0.1, -0.05) is 0 Å². The van der Waals surface area contributed by atoms with E-state index in [-0.39, 0.29) is 6.29 Å². The van der Waals surface area contributed by atoms with Gasteiger partial charge in [-0.15, -0.1) is 5.73 Å². The summed E-state index contributed by atoms with van der Waals surface area (Å²) in [7, 11) is 0. The maximum atomic E-state index is 8.19. The summed E-state index contributed by atoms with van der Waals surface area (Å²) in [6.07, 6.45) is 3.45. The molecule has 0 aromatic heterocycles. The summed E-state index contributed by atoms with van der Waals surface area (Å²) in [5, 5.41) is 8.19. The standard InChI is InChI=1S/C10H15NO2/c1-3-12-10(13-4-2)8-6-5-7-9-11/h6-7,10H,3-4,8H2,1-2H3. The Labute approximate surface area is 79.3 Å². The molecule has 0 radical (unpaired) electrons. The molecule has 3 heteroatoms. The van der Waals surface area contributed by atoms with Crippen molar-refractivity contribution < 1.29 is 9.47 Å². The normalized spacial score (nSPS) is 9.08. The van der Waals surface area contributed by atoms with Crippen LogP contribution in [-0.4, -0.2) is 19.5 Å². The number of nitriles is 1. The molecule has 0 saturated heterocycles. The smallest absolute Gasteiger partial charge is 0.161 e. The topological polar surface area (TPSA) is 42.2 Å². The van der Waals surface area contributed by atoms with E-state index in [1.807, 2.05) is 19.9 Å². The summed E-state index contributed by atoms with van der Waals surface area (Å²) in [6.45, 7) is 5.09. The second-order valence-electron chi connectivity index (χ2n) is 2.22. The molecule has 72 valence electrons. The van der Waals surface area contributed by atoms with Gasteiger partial charge in [0.25, 0.3) is 0 Å². The van der Waals surface area contributed by atoms with Crippen LogP contribution in [0.4, 0.5) is 0 Å². The van der Waals surface area contributed by atoms with Crippen LogP contribution >= 0.6 is 0 Å². The molecule has 0 saturated carbocycles. The predicted octanol–water partition coefficient (Wildman–Crippen LogP) is 2.01. The highest BCUT2D eigenvalue weighted by atomic mass is 16.7. The minimum absolute atomic E-state index is 0.213. The first-order chi connectivity index (χ1) is 6.35.